The molecule has 0 saturated heterocycles. The molecular weight excluding hydrogens is 600 g/mol. The average Bonchev–Trinajstić information content (AvgIpc) is 3.17. The Bertz CT molecular complexity index is 1440. The van der Waals surface area contributed by atoms with Crippen molar-refractivity contribution >= 4 is 0 Å². The van der Waals surface area contributed by atoms with E-state index in [-0.39, 0.29) is 35.5 Å². The monoisotopic (exact) mass is 636 g/mol. The quantitative estimate of drug-likeness (QED) is 0.217. The molecule has 0 unspecified atom stereocenters. The summed E-state index contributed by atoms with van der Waals surface area (Å²) < 4.78 is 0. The van der Waals surface area contributed by atoms with E-state index in [9.17, 15) is 0 Å². The summed E-state index contributed by atoms with van der Waals surface area (Å²) in [6.07, 6.45) is 38.1. The molecule has 6 aromatic rings. The summed E-state index contributed by atoms with van der Waals surface area (Å²) in [6.45, 7) is 0. The number of aromatic nitrogens is 12. The van der Waals surface area contributed by atoms with Crippen molar-refractivity contribution in [1.82, 2.24) is 59.8 Å². The highest BCUT2D eigenvalue weighted by molar-refractivity contribution is 5.25. The standard InChI is InChI=1S/C36H36N12/c1-25(31-7-37-19-38-8-31)2-27(33-11-41-21-42-12-33)4-29(35-15-45-23-46-16-35)6-30(36-17-47-24-48-18-36)5-28(34-13-43-22-44-14-34)3-26(1)32-9-39-20-40-10-32/h7-30H,1-6H2. The van der Waals surface area contributed by atoms with E-state index in [0.29, 0.717) is 0 Å². The maximum Gasteiger partial charge on any atom is 0.115 e. The lowest BCUT2D eigenvalue weighted by Gasteiger charge is -2.35. The molecule has 0 spiro atoms. The van der Waals surface area contributed by atoms with Gasteiger partial charge in [0.15, 0.2) is 0 Å². The van der Waals surface area contributed by atoms with E-state index in [1.54, 1.807) is 38.0 Å². The van der Waals surface area contributed by atoms with Crippen LogP contribution in [0.3, 0.4) is 0 Å². The van der Waals surface area contributed by atoms with Gasteiger partial charge in [-0.05, 0) is 107 Å². The minimum atomic E-state index is 0.139. The fourth-order valence-corrected chi connectivity index (χ4v) is 7.40. The Hall–Kier alpha value is -5.52. The molecule has 240 valence electrons. The normalized spacial score (nSPS) is 23.8. The smallest absolute Gasteiger partial charge is 0.115 e. The molecule has 0 aliphatic heterocycles. The van der Waals surface area contributed by atoms with Crippen LogP contribution in [0.5, 0.6) is 0 Å². The molecule has 0 bridgehead atoms. The molecule has 1 aliphatic carbocycles. The van der Waals surface area contributed by atoms with Crippen LogP contribution in [0.2, 0.25) is 0 Å². The van der Waals surface area contributed by atoms with Gasteiger partial charge in [0.1, 0.15) is 38.0 Å². The van der Waals surface area contributed by atoms with Crippen molar-refractivity contribution in [1.29, 1.82) is 0 Å². The van der Waals surface area contributed by atoms with Crippen molar-refractivity contribution in [3.05, 3.63) is 146 Å². The highest BCUT2D eigenvalue weighted by Gasteiger charge is 2.33. The first-order valence-corrected chi connectivity index (χ1v) is 16.3. The maximum atomic E-state index is 4.45. The topological polar surface area (TPSA) is 155 Å². The summed E-state index contributed by atoms with van der Waals surface area (Å²) in [5.41, 5.74) is 6.65. The highest BCUT2D eigenvalue weighted by atomic mass is 14.8. The Balaban J connectivity index is 1.38. The average molecular weight is 637 g/mol. The van der Waals surface area contributed by atoms with E-state index < -0.39 is 0 Å². The third-order valence-corrected chi connectivity index (χ3v) is 9.73. The van der Waals surface area contributed by atoms with Crippen molar-refractivity contribution in [3.63, 3.8) is 0 Å². The lowest BCUT2D eigenvalue weighted by atomic mass is 9.70. The number of nitrogens with zero attached hydrogens (tertiary/aromatic N) is 12. The van der Waals surface area contributed by atoms with Crippen LogP contribution in [0, 0.1) is 0 Å². The minimum Gasteiger partial charge on any atom is -0.245 e. The van der Waals surface area contributed by atoms with E-state index in [0.717, 1.165) is 71.9 Å². The van der Waals surface area contributed by atoms with Gasteiger partial charge in [0, 0.05) is 74.4 Å². The van der Waals surface area contributed by atoms with Crippen LogP contribution >= 0.6 is 0 Å². The number of hydrogen-bond acceptors (Lipinski definition) is 12. The Labute approximate surface area is 279 Å². The van der Waals surface area contributed by atoms with E-state index in [1.807, 2.05) is 74.4 Å². The molecule has 1 saturated carbocycles. The molecule has 7 rings (SSSR count). The van der Waals surface area contributed by atoms with Gasteiger partial charge in [-0.3, -0.25) is 0 Å². The SMILES string of the molecule is c1ncc(C2CC(c3cncnc3)CC(c3cncnc3)CC(c3cncnc3)CC(c3cncnc3)CC(c3cncnc3)C2)cn1. The van der Waals surface area contributed by atoms with E-state index in [4.69, 9.17) is 0 Å². The highest BCUT2D eigenvalue weighted by Crippen LogP contribution is 2.48. The molecule has 6 aromatic heterocycles. The summed E-state index contributed by atoms with van der Waals surface area (Å²) in [6, 6.07) is 0. The fourth-order valence-electron chi connectivity index (χ4n) is 7.40. The van der Waals surface area contributed by atoms with Gasteiger partial charge in [-0.1, -0.05) is 0 Å². The second-order valence-corrected chi connectivity index (χ2v) is 12.6. The van der Waals surface area contributed by atoms with Crippen LogP contribution < -0.4 is 0 Å². The van der Waals surface area contributed by atoms with Crippen LogP contribution in [0.25, 0.3) is 0 Å². The number of hydrogen-bond donors (Lipinski definition) is 0. The van der Waals surface area contributed by atoms with E-state index >= 15 is 0 Å². The van der Waals surface area contributed by atoms with Gasteiger partial charge in [-0.2, -0.15) is 0 Å². The van der Waals surface area contributed by atoms with Crippen LogP contribution in [-0.4, -0.2) is 59.8 Å². The Morgan fingerprint density at radius 3 is 0.479 bits per heavy atom. The lowest BCUT2D eigenvalue weighted by Crippen LogP contribution is -2.20. The van der Waals surface area contributed by atoms with E-state index in [1.165, 1.54) is 0 Å². The van der Waals surface area contributed by atoms with Gasteiger partial charge in [0.2, 0.25) is 0 Å². The largest absolute Gasteiger partial charge is 0.245 e. The van der Waals surface area contributed by atoms with Crippen molar-refractivity contribution in [2.45, 2.75) is 74.0 Å². The molecule has 1 fully saturated rings. The Morgan fingerprint density at radius 1 is 0.229 bits per heavy atom. The van der Waals surface area contributed by atoms with Crippen LogP contribution in [0.4, 0.5) is 0 Å². The van der Waals surface area contributed by atoms with Crippen LogP contribution in [0.1, 0.15) is 107 Å². The third-order valence-electron chi connectivity index (χ3n) is 9.73. The zero-order valence-electron chi connectivity index (χ0n) is 26.5. The summed E-state index contributed by atoms with van der Waals surface area (Å²) in [7, 11) is 0. The third kappa shape index (κ3) is 7.71. The van der Waals surface area contributed by atoms with Gasteiger partial charge in [0.25, 0.3) is 0 Å². The van der Waals surface area contributed by atoms with Crippen molar-refractivity contribution < 1.29 is 0 Å². The summed E-state index contributed by atoms with van der Waals surface area (Å²) >= 11 is 0. The molecular formula is C36H36N12. The summed E-state index contributed by atoms with van der Waals surface area (Å²) in [4.78, 5) is 53.4. The molecule has 12 heteroatoms. The molecule has 0 radical (unpaired) electrons. The van der Waals surface area contributed by atoms with Crippen molar-refractivity contribution in [2.75, 3.05) is 0 Å². The number of rotatable bonds is 6. The minimum absolute atomic E-state index is 0.139. The second kappa shape index (κ2) is 15.4. The van der Waals surface area contributed by atoms with Crippen molar-refractivity contribution in [3.8, 4) is 0 Å². The molecule has 0 aromatic carbocycles. The first-order chi connectivity index (χ1) is 23.8. The zero-order valence-corrected chi connectivity index (χ0v) is 26.5. The molecule has 6 heterocycles. The second-order valence-electron chi connectivity index (χ2n) is 12.6. The molecule has 0 N–H and O–H groups in total. The van der Waals surface area contributed by atoms with Crippen LogP contribution in [0.15, 0.2) is 112 Å². The van der Waals surface area contributed by atoms with Crippen LogP contribution in [-0.2, 0) is 0 Å². The Kier molecular flexibility index (Phi) is 9.96. The summed E-state index contributed by atoms with van der Waals surface area (Å²) in [5, 5.41) is 0. The van der Waals surface area contributed by atoms with Gasteiger partial charge in [-0.25, -0.2) is 59.8 Å². The van der Waals surface area contributed by atoms with E-state index in [2.05, 4.69) is 59.8 Å². The van der Waals surface area contributed by atoms with Crippen molar-refractivity contribution in [2.24, 2.45) is 0 Å². The molecule has 48 heavy (non-hydrogen) atoms. The molecule has 0 amide bonds. The molecule has 0 atom stereocenters. The van der Waals surface area contributed by atoms with Gasteiger partial charge in [-0.15, -0.1) is 0 Å². The molecule has 1 aliphatic rings. The predicted octanol–water partition coefficient (Wildman–Crippen LogP) is 5.78. The maximum absolute atomic E-state index is 4.45. The fraction of sp³-hybridized carbons (Fsp3) is 0.333. The zero-order chi connectivity index (χ0) is 32.4. The summed E-state index contributed by atoms with van der Waals surface area (Å²) in [5.74, 6) is 0.832. The van der Waals surface area contributed by atoms with Gasteiger partial charge in [0.05, 0.1) is 0 Å². The predicted molar refractivity (Wildman–Crippen MR) is 176 cm³/mol. The lowest BCUT2D eigenvalue weighted by molar-refractivity contribution is 0.348. The first-order valence-electron chi connectivity index (χ1n) is 16.3. The Morgan fingerprint density at radius 2 is 0.354 bits per heavy atom. The first kappa shape index (κ1) is 31.1. The van der Waals surface area contributed by atoms with Gasteiger partial charge < -0.3 is 0 Å². The molecule has 12 nitrogen and oxygen atoms in total. The van der Waals surface area contributed by atoms with Gasteiger partial charge >= 0.3 is 0 Å².